The summed E-state index contributed by atoms with van der Waals surface area (Å²) < 4.78 is 2.23. The number of aliphatic imine (C=N–C) groups is 1. The van der Waals surface area contributed by atoms with Crippen LogP contribution in [-0.2, 0) is 6.54 Å². The molecular weight excluding hydrogens is 390 g/mol. The first-order valence-electron chi connectivity index (χ1n) is 11.1. The second kappa shape index (κ2) is 9.94. The molecule has 32 heavy (non-hydrogen) atoms. The van der Waals surface area contributed by atoms with E-state index in [0.717, 1.165) is 53.2 Å². The molecule has 3 aromatic carbocycles. The van der Waals surface area contributed by atoms with Gasteiger partial charge < -0.3 is 4.57 Å². The lowest BCUT2D eigenvalue weighted by Gasteiger charge is -2.13. The van der Waals surface area contributed by atoms with E-state index in [1.165, 1.54) is 5.56 Å². The van der Waals surface area contributed by atoms with Crippen molar-refractivity contribution in [1.29, 1.82) is 5.26 Å². The lowest BCUT2D eigenvalue weighted by atomic mass is 9.98. The summed E-state index contributed by atoms with van der Waals surface area (Å²) in [6.45, 7) is 5.07. The van der Waals surface area contributed by atoms with Crippen molar-refractivity contribution in [2.75, 3.05) is 0 Å². The van der Waals surface area contributed by atoms with Gasteiger partial charge in [0, 0.05) is 18.3 Å². The van der Waals surface area contributed by atoms with Gasteiger partial charge in [-0.25, -0.2) is 4.99 Å². The van der Waals surface area contributed by atoms with E-state index in [4.69, 9.17) is 4.99 Å². The minimum atomic E-state index is 0.620. The van der Waals surface area contributed by atoms with Gasteiger partial charge in [0.25, 0.3) is 0 Å². The van der Waals surface area contributed by atoms with E-state index in [1.807, 2.05) is 54.7 Å². The van der Waals surface area contributed by atoms with E-state index in [0.29, 0.717) is 5.56 Å². The molecule has 0 saturated heterocycles. The Labute approximate surface area is 190 Å². The molecule has 0 radical (unpaired) electrons. The van der Waals surface area contributed by atoms with Crippen molar-refractivity contribution in [3.63, 3.8) is 0 Å². The van der Waals surface area contributed by atoms with Crippen LogP contribution in [0.15, 0.2) is 89.9 Å². The van der Waals surface area contributed by atoms with Gasteiger partial charge in [0.2, 0.25) is 0 Å². The van der Waals surface area contributed by atoms with Gasteiger partial charge in [-0.15, -0.1) is 0 Å². The molecule has 0 bridgehead atoms. The highest BCUT2D eigenvalue weighted by atomic mass is 15.1. The van der Waals surface area contributed by atoms with Crippen LogP contribution in [0.2, 0.25) is 0 Å². The van der Waals surface area contributed by atoms with Gasteiger partial charge in [0.1, 0.15) is 11.6 Å². The van der Waals surface area contributed by atoms with E-state index in [2.05, 4.69) is 60.9 Å². The number of nitrogens with zero attached hydrogens (tertiary/aromatic N) is 3. The number of aryl methyl sites for hydroxylation is 1. The number of rotatable bonds is 7. The Morgan fingerprint density at radius 1 is 0.906 bits per heavy atom. The average molecular weight is 418 g/mol. The predicted molar refractivity (Wildman–Crippen MR) is 133 cm³/mol. The number of unbranched alkanes of at least 4 members (excludes halogenated alkanes) is 1. The molecule has 3 heteroatoms. The van der Waals surface area contributed by atoms with E-state index in [1.54, 1.807) is 0 Å². The standard InChI is InChI=1S/C29H27N3/c1-3-4-18-32-28(25-16-9-6-10-17-25)27(24-14-7-5-8-15-24)26(20-30)29(32)31-21-23-13-11-12-22(2)19-23/h5-17,19,21H,3-4,18H2,1-2H3. The minimum absolute atomic E-state index is 0.620. The van der Waals surface area contributed by atoms with E-state index in [9.17, 15) is 5.26 Å². The third-order valence-corrected chi connectivity index (χ3v) is 5.57. The summed E-state index contributed by atoms with van der Waals surface area (Å²) >= 11 is 0. The van der Waals surface area contributed by atoms with Crippen LogP contribution < -0.4 is 0 Å². The highest BCUT2D eigenvalue weighted by Crippen LogP contribution is 2.42. The number of nitriles is 1. The Bertz CT molecular complexity index is 1260. The van der Waals surface area contributed by atoms with Gasteiger partial charge >= 0.3 is 0 Å². The highest BCUT2D eigenvalue weighted by molar-refractivity contribution is 5.92. The summed E-state index contributed by atoms with van der Waals surface area (Å²) in [6.07, 6.45) is 3.95. The van der Waals surface area contributed by atoms with Crippen LogP contribution in [0.3, 0.4) is 0 Å². The van der Waals surface area contributed by atoms with Crippen LogP contribution in [0.25, 0.3) is 22.4 Å². The molecular formula is C29H27N3. The molecule has 0 amide bonds. The van der Waals surface area contributed by atoms with E-state index in [-0.39, 0.29) is 0 Å². The molecule has 0 atom stereocenters. The Morgan fingerprint density at radius 2 is 1.59 bits per heavy atom. The smallest absolute Gasteiger partial charge is 0.151 e. The molecule has 0 aliphatic heterocycles. The molecule has 158 valence electrons. The zero-order valence-corrected chi connectivity index (χ0v) is 18.6. The van der Waals surface area contributed by atoms with Crippen molar-refractivity contribution in [1.82, 2.24) is 4.57 Å². The van der Waals surface area contributed by atoms with Crippen LogP contribution in [0.1, 0.15) is 36.5 Å². The molecule has 0 aliphatic rings. The third kappa shape index (κ3) is 4.40. The topological polar surface area (TPSA) is 41.1 Å². The summed E-state index contributed by atoms with van der Waals surface area (Å²) in [6, 6.07) is 31.2. The highest BCUT2D eigenvalue weighted by Gasteiger charge is 2.24. The maximum absolute atomic E-state index is 10.3. The maximum Gasteiger partial charge on any atom is 0.151 e. The van der Waals surface area contributed by atoms with E-state index >= 15 is 0 Å². The van der Waals surface area contributed by atoms with Gasteiger partial charge in [-0.2, -0.15) is 5.26 Å². The largest absolute Gasteiger partial charge is 0.324 e. The SMILES string of the molecule is CCCCn1c(N=Cc2cccc(C)c2)c(C#N)c(-c2ccccc2)c1-c1ccccc1. The quantitative estimate of drug-likeness (QED) is 0.286. The molecule has 0 saturated carbocycles. The van der Waals surface area contributed by atoms with Gasteiger partial charge in [-0.1, -0.05) is 104 Å². The zero-order chi connectivity index (χ0) is 22.3. The van der Waals surface area contributed by atoms with Crippen molar-refractivity contribution in [3.05, 3.63) is 102 Å². The average Bonchev–Trinajstić information content (AvgIpc) is 3.15. The molecule has 4 rings (SSSR count). The van der Waals surface area contributed by atoms with Crippen molar-refractivity contribution < 1.29 is 0 Å². The summed E-state index contributed by atoms with van der Waals surface area (Å²) in [5.74, 6) is 0.722. The lowest BCUT2D eigenvalue weighted by molar-refractivity contribution is 0.642. The monoisotopic (exact) mass is 417 g/mol. The van der Waals surface area contributed by atoms with E-state index < -0.39 is 0 Å². The Morgan fingerprint density at radius 3 is 2.22 bits per heavy atom. The normalized spacial score (nSPS) is 11.0. The predicted octanol–water partition coefficient (Wildman–Crippen LogP) is 7.55. The number of aromatic nitrogens is 1. The third-order valence-electron chi connectivity index (χ3n) is 5.57. The van der Waals surface area contributed by atoms with Gasteiger partial charge in [-0.05, 0) is 30.0 Å². The summed E-state index contributed by atoms with van der Waals surface area (Å²) in [5, 5.41) is 10.3. The fourth-order valence-corrected chi connectivity index (χ4v) is 4.05. The lowest BCUT2D eigenvalue weighted by Crippen LogP contribution is -2.00. The van der Waals surface area contributed by atoms with Crippen molar-refractivity contribution >= 4 is 12.0 Å². The second-order valence-corrected chi connectivity index (χ2v) is 7.94. The number of hydrogen-bond acceptors (Lipinski definition) is 2. The first-order chi connectivity index (χ1) is 15.7. The fourth-order valence-electron chi connectivity index (χ4n) is 4.05. The first-order valence-corrected chi connectivity index (χ1v) is 11.1. The van der Waals surface area contributed by atoms with Crippen LogP contribution >= 0.6 is 0 Å². The van der Waals surface area contributed by atoms with Crippen LogP contribution in [-0.4, -0.2) is 10.8 Å². The molecule has 0 unspecified atom stereocenters. The van der Waals surface area contributed by atoms with Gasteiger partial charge in [0.05, 0.1) is 5.69 Å². The molecule has 4 aromatic rings. The molecule has 0 aliphatic carbocycles. The molecule has 0 N–H and O–H groups in total. The van der Waals surface area contributed by atoms with Gasteiger partial charge in [-0.3, -0.25) is 0 Å². The van der Waals surface area contributed by atoms with Crippen LogP contribution in [0.4, 0.5) is 5.82 Å². The Hall–Kier alpha value is -3.90. The molecule has 3 nitrogen and oxygen atoms in total. The zero-order valence-electron chi connectivity index (χ0n) is 18.6. The molecule has 1 heterocycles. The summed E-state index contributed by atoms with van der Waals surface area (Å²) in [5.41, 5.74) is 6.96. The van der Waals surface area contributed by atoms with Crippen molar-refractivity contribution in [2.24, 2.45) is 4.99 Å². The molecule has 0 spiro atoms. The van der Waals surface area contributed by atoms with Crippen molar-refractivity contribution in [3.8, 4) is 28.5 Å². The number of hydrogen-bond donors (Lipinski definition) is 0. The Balaban J connectivity index is 2.00. The van der Waals surface area contributed by atoms with Crippen molar-refractivity contribution in [2.45, 2.75) is 33.2 Å². The number of benzene rings is 3. The Kier molecular flexibility index (Phi) is 6.63. The summed E-state index contributed by atoms with van der Waals surface area (Å²) in [7, 11) is 0. The first kappa shape index (κ1) is 21.3. The summed E-state index contributed by atoms with van der Waals surface area (Å²) in [4.78, 5) is 4.89. The maximum atomic E-state index is 10.3. The molecule has 0 fully saturated rings. The second-order valence-electron chi connectivity index (χ2n) is 7.94. The fraction of sp³-hybridized carbons (Fsp3) is 0.172. The van der Waals surface area contributed by atoms with Gasteiger partial charge in [0.15, 0.2) is 5.82 Å². The minimum Gasteiger partial charge on any atom is -0.324 e. The molecule has 1 aromatic heterocycles. The van der Waals surface area contributed by atoms with Crippen LogP contribution in [0, 0.1) is 18.3 Å². The van der Waals surface area contributed by atoms with Crippen LogP contribution in [0.5, 0.6) is 0 Å².